The monoisotopic (exact) mass is 355 g/mol. The van der Waals surface area contributed by atoms with Crippen molar-refractivity contribution in [3.05, 3.63) is 47.3 Å². The number of aromatic nitrogens is 2. The molecule has 24 heavy (non-hydrogen) atoms. The zero-order valence-corrected chi connectivity index (χ0v) is 14.1. The van der Waals surface area contributed by atoms with Crippen molar-refractivity contribution in [2.45, 2.75) is 24.3 Å². The number of amides is 1. The number of nitrogens with zero attached hydrogens (tertiary/aromatic N) is 2. The molecule has 1 N–H and O–H groups in total. The Kier molecular flexibility index (Phi) is 5.38. The molecule has 1 heterocycles. The predicted octanol–water partition coefficient (Wildman–Crippen LogP) is 4.30. The van der Waals surface area contributed by atoms with E-state index in [9.17, 15) is 18.0 Å². The molecule has 0 unspecified atom stereocenters. The Bertz CT molecular complexity index is 764. The molecule has 2 aromatic rings. The molecule has 4 nitrogen and oxygen atoms in total. The van der Waals surface area contributed by atoms with Crippen LogP contribution in [0, 0.1) is 13.8 Å². The molecule has 0 saturated heterocycles. The van der Waals surface area contributed by atoms with Gasteiger partial charge in [-0.1, -0.05) is 12.1 Å². The molecule has 128 valence electrons. The van der Waals surface area contributed by atoms with Gasteiger partial charge in [-0.15, -0.1) is 0 Å². The second-order valence-corrected chi connectivity index (χ2v) is 6.25. The zero-order valence-electron chi connectivity index (χ0n) is 13.3. The van der Waals surface area contributed by atoms with E-state index in [1.165, 1.54) is 30.3 Å². The van der Waals surface area contributed by atoms with Crippen LogP contribution < -0.4 is 5.32 Å². The summed E-state index contributed by atoms with van der Waals surface area (Å²) >= 11 is -0.172. The summed E-state index contributed by atoms with van der Waals surface area (Å²) in [7, 11) is 1.79. The standard InChI is InChI=1S/C16H16F3N3OS/c1-10-15(11(2)22(3)21-10)20-14(23)9-6-12-4-7-13(8-5-12)24-16(17,18)19/h4-9H,1-3H3,(H,20,23). The van der Waals surface area contributed by atoms with E-state index in [1.807, 2.05) is 6.92 Å². The quantitative estimate of drug-likeness (QED) is 0.657. The van der Waals surface area contributed by atoms with Crippen molar-refractivity contribution < 1.29 is 18.0 Å². The van der Waals surface area contributed by atoms with E-state index >= 15 is 0 Å². The molecule has 1 amide bonds. The minimum Gasteiger partial charge on any atom is -0.319 e. The Morgan fingerprint density at radius 3 is 2.38 bits per heavy atom. The Hall–Kier alpha value is -2.22. The average molecular weight is 355 g/mol. The lowest BCUT2D eigenvalue weighted by atomic mass is 10.2. The van der Waals surface area contributed by atoms with Crippen molar-refractivity contribution in [1.29, 1.82) is 0 Å². The van der Waals surface area contributed by atoms with Crippen LogP contribution in [0.15, 0.2) is 35.2 Å². The van der Waals surface area contributed by atoms with E-state index in [0.29, 0.717) is 16.9 Å². The first-order valence-electron chi connectivity index (χ1n) is 7.01. The summed E-state index contributed by atoms with van der Waals surface area (Å²) in [6, 6.07) is 5.78. The molecule has 0 radical (unpaired) electrons. The van der Waals surface area contributed by atoms with E-state index < -0.39 is 5.51 Å². The first-order valence-corrected chi connectivity index (χ1v) is 7.82. The molecule has 0 fully saturated rings. The average Bonchev–Trinajstić information content (AvgIpc) is 2.71. The summed E-state index contributed by atoms with van der Waals surface area (Å²) in [5, 5.41) is 6.95. The summed E-state index contributed by atoms with van der Waals surface area (Å²) in [6.07, 6.45) is 2.87. The van der Waals surface area contributed by atoms with Crippen LogP contribution in [0.4, 0.5) is 18.9 Å². The van der Waals surface area contributed by atoms with E-state index in [4.69, 9.17) is 0 Å². The number of aryl methyl sites for hydroxylation is 2. The first kappa shape index (κ1) is 18.1. The number of halogens is 3. The number of carbonyl (C=O) groups is 1. The normalized spacial score (nSPS) is 11.9. The third kappa shape index (κ3) is 4.89. The molecular formula is C16H16F3N3OS. The maximum Gasteiger partial charge on any atom is 0.446 e. The molecule has 8 heteroatoms. The first-order chi connectivity index (χ1) is 11.2. The van der Waals surface area contributed by atoms with Gasteiger partial charge in [0.1, 0.15) is 0 Å². The number of nitrogens with one attached hydrogen (secondary N) is 1. The highest BCUT2D eigenvalue weighted by molar-refractivity contribution is 8.00. The lowest BCUT2D eigenvalue weighted by Crippen LogP contribution is -2.09. The molecule has 0 aliphatic heterocycles. The smallest absolute Gasteiger partial charge is 0.319 e. The number of benzene rings is 1. The molecule has 0 aliphatic rings. The molecule has 0 saturated carbocycles. The number of carbonyl (C=O) groups excluding carboxylic acids is 1. The van der Waals surface area contributed by atoms with Crippen LogP contribution in [0.2, 0.25) is 0 Å². The van der Waals surface area contributed by atoms with Crippen LogP contribution in [0.5, 0.6) is 0 Å². The van der Waals surface area contributed by atoms with Crippen LogP contribution in [-0.2, 0) is 11.8 Å². The van der Waals surface area contributed by atoms with E-state index in [-0.39, 0.29) is 22.6 Å². The Balaban J connectivity index is 2.01. The maximum absolute atomic E-state index is 12.3. The summed E-state index contributed by atoms with van der Waals surface area (Å²) < 4.78 is 38.4. The van der Waals surface area contributed by atoms with Gasteiger partial charge in [0.15, 0.2) is 0 Å². The van der Waals surface area contributed by atoms with Gasteiger partial charge in [-0.25, -0.2) is 0 Å². The van der Waals surface area contributed by atoms with Crippen molar-refractivity contribution in [2.24, 2.45) is 7.05 Å². The van der Waals surface area contributed by atoms with Gasteiger partial charge in [-0.05, 0) is 49.4 Å². The SMILES string of the molecule is Cc1nn(C)c(C)c1NC(=O)C=Cc1ccc(SC(F)(F)F)cc1. The van der Waals surface area contributed by atoms with Crippen molar-refractivity contribution in [1.82, 2.24) is 9.78 Å². The van der Waals surface area contributed by atoms with Gasteiger partial charge in [-0.3, -0.25) is 9.48 Å². The fourth-order valence-corrected chi connectivity index (χ4v) is 2.61. The number of anilines is 1. The van der Waals surface area contributed by atoms with E-state index in [2.05, 4.69) is 10.4 Å². The lowest BCUT2D eigenvalue weighted by Gasteiger charge is -2.05. The van der Waals surface area contributed by atoms with Crippen molar-refractivity contribution in [3.8, 4) is 0 Å². The molecule has 0 bridgehead atoms. The Labute approximate surface area is 141 Å². The zero-order chi connectivity index (χ0) is 17.9. The van der Waals surface area contributed by atoms with Crippen molar-refractivity contribution in [2.75, 3.05) is 5.32 Å². The van der Waals surface area contributed by atoms with Crippen LogP contribution in [-0.4, -0.2) is 21.2 Å². The number of hydrogen-bond acceptors (Lipinski definition) is 3. The molecule has 2 rings (SSSR count). The fourth-order valence-electron chi connectivity index (χ4n) is 2.07. The summed E-state index contributed by atoms with van der Waals surface area (Å²) in [5.41, 5.74) is -1.47. The number of thioether (sulfide) groups is 1. The third-order valence-electron chi connectivity index (χ3n) is 3.30. The molecule has 1 aromatic carbocycles. The maximum atomic E-state index is 12.3. The highest BCUT2D eigenvalue weighted by atomic mass is 32.2. The third-order valence-corrected chi connectivity index (χ3v) is 4.04. The van der Waals surface area contributed by atoms with Gasteiger partial charge >= 0.3 is 5.51 Å². The van der Waals surface area contributed by atoms with Gasteiger partial charge in [0.05, 0.1) is 17.1 Å². The fraction of sp³-hybridized carbons (Fsp3) is 0.250. The summed E-state index contributed by atoms with van der Waals surface area (Å²) in [4.78, 5) is 12.1. The number of hydrogen-bond donors (Lipinski definition) is 1. The van der Waals surface area contributed by atoms with Gasteiger partial charge in [0, 0.05) is 18.0 Å². The van der Waals surface area contributed by atoms with Crippen LogP contribution in [0.3, 0.4) is 0 Å². The Morgan fingerprint density at radius 2 is 1.88 bits per heavy atom. The Morgan fingerprint density at radius 1 is 1.25 bits per heavy atom. The van der Waals surface area contributed by atoms with Gasteiger partial charge < -0.3 is 5.32 Å². The molecule has 0 spiro atoms. The largest absolute Gasteiger partial charge is 0.446 e. The van der Waals surface area contributed by atoms with Crippen LogP contribution >= 0.6 is 11.8 Å². The van der Waals surface area contributed by atoms with Gasteiger partial charge in [-0.2, -0.15) is 18.3 Å². The molecular weight excluding hydrogens is 339 g/mol. The minimum atomic E-state index is -4.31. The van der Waals surface area contributed by atoms with Gasteiger partial charge in [0.2, 0.25) is 5.91 Å². The van der Waals surface area contributed by atoms with E-state index in [0.717, 1.165) is 5.69 Å². The summed E-state index contributed by atoms with van der Waals surface area (Å²) in [5.74, 6) is -0.331. The summed E-state index contributed by atoms with van der Waals surface area (Å²) in [6.45, 7) is 3.64. The van der Waals surface area contributed by atoms with Gasteiger partial charge in [0.25, 0.3) is 0 Å². The highest BCUT2D eigenvalue weighted by Crippen LogP contribution is 2.36. The van der Waals surface area contributed by atoms with Crippen molar-refractivity contribution >= 4 is 29.4 Å². The highest BCUT2D eigenvalue weighted by Gasteiger charge is 2.28. The van der Waals surface area contributed by atoms with Crippen LogP contribution in [0.1, 0.15) is 17.0 Å². The molecule has 0 atom stereocenters. The number of alkyl halides is 3. The van der Waals surface area contributed by atoms with Crippen molar-refractivity contribution in [3.63, 3.8) is 0 Å². The molecule has 1 aromatic heterocycles. The number of rotatable bonds is 4. The van der Waals surface area contributed by atoms with E-state index in [1.54, 1.807) is 24.7 Å². The second kappa shape index (κ2) is 7.12. The topological polar surface area (TPSA) is 46.9 Å². The van der Waals surface area contributed by atoms with Crippen LogP contribution in [0.25, 0.3) is 6.08 Å². The lowest BCUT2D eigenvalue weighted by molar-refractivity contribution is -0.111. The second-order valence-electron chi connectivity index (χ2n) is 5.11. The minimum absolute atomic E-state index is 0.103. The predicted molar refractivity (Wildman–Crippen MR) is 88.7 cm³/mol. The molecule has 0 aliphatic carbocycles.